The maximum Gasteiger partial charge on any atom is 0.191 e. The van der Waals surface area contributed by atoms with Crippen molar-refractivity contribution in [2.45, 2.75) is 26.0 Å². The summed E-state index contributed by atoms with van der Waals surface area (Å²) in [5, 5.41) is 8.98. The van der Waals surface area contributed by atoms with Gasteiger partial charge in [0.2, 0.25) is 0 Å². The van der Waals surface area contributed by atoms with Crippen molar-refractivity contribution in [2.24, 2.45) is 10.9 Å². The minimum Gasteiger partial charge on any atom is -0.373 e. The molecule has 2 aromatic rings. The van der Waals surface area contributed by atoms with Gasteiger partial charge in [-0.15, -0.1) is 35.3 Å². The number of nitrogens with one attached hydrogen (secondary N) is 2. The van der Waals surface area contributed by atoms with Gasteiger partial charge in [0.15, 0.2) is 5.96 Å². The molecule has 136 valence electrons. The van der Waals surface area contributed by atoms with Crippen molar-refractivity contribution in [3.8, 4) is 0 Å². The lowest BCUT2D eigenvalue weighted by Gasteiger charge is -2.20. The summed E-state index contributed by atoms with van der Waals surface area (Å²) in [7, 11) is 1.82. The SMILES string of the molecule is CN=C(NCc1sccc1C)NCC1CCOC1c1ccccc1.I. The fraction of sp³-hybridized carbons (Fsp3) is 0.421. The number of nitrogens with zero attached hydrogens (tertiary/aromatic N) is 1. The van der Waals surface area contributed by atoms with Crippen LogP contribution in [0.15, 0.2) is 46.8 Å². The van der Waals surface area contributed by atoms with Gasteiger partial charge >= 0.3 is 0 Å². The Morgan fingerprint density at radius 1 is 1.24 bits per heavy atom. The molecule has 4 nitrogen and oxygen atoms in total. The van der Waals surface area contributed by atoms with Crippen molar-refractivity contribution in [2.75, 3.05) is 20.2 Å². The summed E-state index contributed by atoms with van der Waals surface area (Å²) in [6.07, 6.45) is 1.25. The second-order valence-corrected chi connectivity index (χ2v) is 7.08. The Morgan fingerprint density at radius 3 is 2.72 bits per heavy atom. The molecule has 0 saturated carbocycles. The average Bonchev–Trinajstić information content (AvgIpc) is 3.25. The number of ether oxygens (including phenoxy) is 1. The zero-order valence-corrected chi connectivity index (χ0v) is 17.8. The number of aliphatic imine (C=N–C) groups is 1. The van der Waals surface area contributed by atoms with Gasteiger partial charge in [-0.3, -0.25) is 4.99 Å². The summed E-state index contributed by atoms with van der Waals surface area (Å²) in [5.41, 5.74) is 2.59. The summed E-state index contributed by atoms with van der Waals surface area (Å²) in [6, 6.07) is 12.6. The van der Waals surface area contributed by atoms with Crippen molar-refractivity contribution < 1.29 is 4.74 Å². The maximum atomic E-state index is 5.95. The molecule has 2 atom stereocenters. The van der Waals surface area contributed by atoms with Crippen LogP contribution in [0, 0.1) is 12.8 Å². The van der Waals surface area contributed by atoms with Gasteiger partial charge in [0.25, 0.3) is 0 Å². The van der Waals surface area contributed by atoms with Gasteiger partial charge in [0, 0.05) is 31.0 Å². The van der Waals surface area contributed by atoms with E-state index in [1.54, 1.807) is 11.3 Å². The van der Waals surface area contributed by atoms with Gasteiger partial charge in [0.1, 0.15) is 0 Å². The number of benzene rings is 1. The predicted octanol–water partition coefficient (Wildman–Crippen LogP) is 4.12. The first-order chi connectivity index (χ1) is 11.8. The van der Waals surface area contributed by atoms with E-state index < -0.39 is 0 Å². The Balaban J connectivity index is 0.00000225. The molecule has 0 bridgehead atoms. The number of aryl methyl sites for hydroxylation is 1. The molecule has 0 amide bonds. The highest BCUT2D eigenvalue weighted by Crippen LogP contribution is 2.33. The van der Waals surface area contributed by atoms with E-state index in [9.17, 15) is 0 Å². The minimum absolute atomic E-state index is 0. The molecule has 1 saturated heterocycles. The molecule has 0 radical (unpaired) electrons. The highest BCUT2D eigenvalue weighted by atomic mass is 127. The average molecular weight is 471 g/mol. The largest absolute Gasteiger partial charge is 0.373 e. The van der Waals surface area contributed by atoms with Gasteiger partial charge in [-0.2, -0.15) is 0 Å². The quantitative estimate of drug-likeness (QED) is 0.392. The van der Waals surface area contributed by atoms with E-state index in [0.717, 1.165) is 32.1 Å². The molecular weight excluding hydrogens is 445 g/mol. The Morgan fingerprint density at radius 2 is 2.04 bits per heavy atom. The van der Waals surface area contributed by atoms with Gasteiger partial charge in [-0.05, 0) is 35.9 Å². The molecule has 3 rings (SSSR count). The summed E-state index contributed by atoms with van der Waals surface area (Å²) in [5.74, 6) is 1.32. The van der Waals surface area contributed by atoms with Crippen LogP contribution in [0.25, 0.3) is 0 Å². The molecule has 1 aromatic heterocycles. The third kappa shape index (κ3) is 5.43. The Kier molecular flexibility index (Phi) is 8.18. The molecule has 0 aliphatic carbocycles. The molecule has 2 heterocycles. The van der Waals surface area contributed by atoms with E-state index in [2.05, 4.69) is 58.3 Å². The van der Waals surface area contributed by atoms with Crippen LogP contribution in [-0.4, -0.2) is 26.2 Å². The highest BCUT2D eigenvalue weighted by molar-refractivity contribution is 14.0. The fourth-order valence-electron chi connectivity index (χ4n) is 3.05. The molecule has 0 spiro atoms. The van der Waals surface area contributed by atoms with E-state index in [-0.39, 0.29) is 30.1 Å². The molecule has 2 N–H and O–H groups in total. The molecular formula is C19H26IN3OS. The van der Waals surface area contributed by atoms with E-state index in [0.29, 0.717) is 5.92 Å². The zero-order chi connectivity index (χ0) is 16.8. The van der Waals surface area contributed by atoms with E-state index in [4.69, 9.17) is 4.74 Å². The lowest BCUT2D eigenvalue weighted by atomic mass is 9.95. The highest BCUT2D eigenvalue weighted by Gasteiger charge is 2.29. The molecule has 1 aliphatic rings. The van der Waals surface area contributed by atoms with E-state index in [1.165, 1.54) is 16.0 Å². The number of guanidine groups is 1. The van der Waals surface area contributed by atoms with Crippen LogP contribution in [-0.2, 0) is 11.3 Å². The van der Waals surface area contributed by atoms with Crippen molar-refractivity contribution in [3.05, 3.63) is 57.8 Å². The van der Waals surface area contributed by atoms with Gasteiger partial charge < -0.3 is 15.4 Å². The van der Waals surface area contributed by atoms with Crippen LogP contribution in [0.3, 0.4) is 0 Å². The first-order valence-corrected chi connectivity index (χ1v) is 9.30. The van der Waals surface area contributed by atoms with Gasteiger partial charge in [-0.25, -0.2) is 0 Å². The number of hydrogen-bond acceptors (Lipinski definition) is 3. The van der Waals surface area contributed by atoms with Crippen molar-refractivity contribution in [3.63, 3.8) is 0 Å². The second kappa shape index (κ2) is 10.1. The van der Waals surface area contributed by atoms with Crippen LogP contribution < -0.4 is 10.6 Å². The minimum atomic E-state index is 0. The number of rotatable bonds is 5. The smallest absolute Gasteiger partial charge is 0.191 e. The third-order valence-corrected chi connectivity index (χ3v) is 5.51. The second-order valence-electron chi connectivity index (χ2n) is 6.08. The first-order valence-electron chi connectivity index (χ1n) is 8.42. The zero-order valence-electron chi connectivity index (χ0n) is 14.7. The van der Waals surface area contributed by atoms with Crippen LogP contribution in [0.4, 0.5) is 0 Å². The maximum absolute atomic E-state index is 5.95. The lowest BCUT2D eigenvalue weighted by Crippen LogP contribution is -2.39. The standard InChI is InChI=1S/C19H25N3OS.HI/c1-14-9-11-24-17(14)13-22-19(20-2)21-12-16-8-10-23-18(16)15-6-4-3-5-7-15;/h3-7,9,11,16,18H,8,10,12-13H2,1-2H3,(H2,20,21,22);1H. The Labute approximate surface area is 171 Å². The Hall–Kier alpha value is -1.12. The van der Waals surface area contributed by atoms with Crippen LogP contribution >= 0.6 is 35.3 Å². The molecule has 1 aliphatic heterocycles. The summed E-state index contributed by atoms with van der Waals surface area (Å²) in [4.78, 5) is 5.69. The van der Waals surface area contributed by atoms with E-state index >= 15 is 0 Å². The van der Waals surface area contributed by atoms with E-state index in [1.807, 2.05) is 13.1 Å². The van der Waals surface area contributed by atoms with Crippen molar-refractivity contribution >= 4 is 41.3 Å². The lowest BCUT2D eigenvalue weighted by molar-refractivity contribution is 0.0915. The topological polar surface area (TPSA) is 45.7 Å². The fourth-order valence-corrected chi connectivity index (χ4v) is 3.90. The number of hydrogen-bond donors (Lipinski definition) is 2. The number of halogens is 1. The van der Waals surface area contributed by atoms with Gasteiger partial charge in [0.05, 0.1) is 12.6 Å². The molecule has 6 heteroatoms. The molecule has 1 aromatic carbocycles. The molecule has 1 fully saturated rings. The summed E-state index contributed by atoms with van der Waals surface area (Å²) < 4.78 is 5.95. The summed E-state index contributed by atoms with van der Waals surface area (Å²) >= 11 is 1.78. The Bertz CT molecular complexity index is 674. The number of thiophene rings is 1. The molecule has 25 heavy (non-hydrogen) atoms. The predicted molar refractivity (Wildman–Crippen MR) is 116 cm³/mol. The van der Waals surface area contributed by atoms with Crippen molar-refractivity contribution in [1.29, 1.82) is 0 Å². The van der Waals surface area contributed by atoms with Gasteiger partial charge in [-0.1, -0.05) is 30.3 Å². The first kappa shape index (κ1) is 20.2. The van der Waals surface area contributed by atoms with Crippen LogP contribution in [0.1, 0.15) is 28.5 Å². The van der Waals surface area contributed by atoms with Crippen LogP contribution in [0.5, 0.6) is 0 Å². The summed E-state index contributed by atoms with van der Waals surface area (Å²) in [6.45, 7) is 4.64. The molecule has 2 unspecified atom stereocenters. The normalized spacial score (nSPS) is 20.2. The van der Waals surface area contributed by atoms with Crippen molar-refractivity contribution in [1.82, 2.24) is 10.6 Å². The monoisotopic (exact) mass is 471 g/mol. The van der Waals surface area contributed by atoms with Crippen LogP contribution in [0.2, 0.25) is 0 Å². The third-order valence-electron chi connectivity index (χ3n) is 4.48.